The third-order valence-corrected chi connectivity index (χ3v) is 5.14. The van der Waals surface area contributed by atoms with E-state index in [1.807, 2.05) is 18.2 Å². The van der Waals surface area contributed by atoms with E-state index < -0.39 is 0 Å². The van der Waals surface area contributed by atoms with Crippen LogP contribution >= 0.6 is 0 Å². The molecule has 2 aromatic rings. The lowest BCUT2D eigenvalue weighted by molar-refractivity contribution is 0.202. The van der Waals surface area contributed by atoms with Gasteiger partial charge in [-0.05, 0) is 51.0 Å². The van der Waals surface area contributed by atoms with Crippen LogP contribution in [0.5, 0.6) is 11.5 Å². The number of aromatic nitrogens is 1. The SMILES string of the molecule is COc1cc(-c2cccc(N)n2)c(OC)cc1CN1C(C)CCC1C. The standard InChI is InChI=1S/C20H27N3O2/c1-13-8-9-14(2)23(13)12-15-10-19(25-4)16(11-18(15)24-3)17-6-5-7-20(21)22-17/h5-7,10-11,13-14H,8-9,12H2,1-4H3,(H2,21,22). The predicted octanol–water partition coefficient (Wildman–Crippen LogP) is 3.72. The van der Waals surface area contributed by atoms with Gasteiger partial charge in [-0.25, -0.2) is 4.98 Å². The average molecular weight is 341 g/mol. The molecule has 1 fully saturated rings. The highest BCUT2D eigenvalue weighted by molar-refractivity contribution is 5.71. The van der Waals surface area contributed by atoms with E-state index in [0.29, 0.717) is 17.9 Å². The van der Waals surface area contributed by atoms with Crippen molar-refractivity contribution in [1.29, 1.82) is 0 Å². The molecule has 1 aliphatic heterocycles. The second kappa shape index (κ2) is 7.31. The number of benzene rings is 1. The number of pyridine rings is 1. The fourth-order valence-electron chi connectivity index (χ4n) is 3.64. The zero-order valence-electron chi connectivity index (χ0n) is 15.5. The number of nitrogens with zero attached hydrogens (tertiary/aromatic N) is 2. The second-order valence-corrected chi connectivity index (χ2v) is 6.76. The minimum absolute atomic E-state index is 0.488. The Labute approximate surface area is 149 Å². The highest BCUT2D eigenvalue weighted by atomic mass is 16.5. The Hall–Kier alpha value is -2.27. The summed E-state index contributed by atoms with van der Waals surface area (Å²) in [7, 11) is 3.39. The summed E-state index contributed by atoms with van der Waals surface area (Å²) in [6.45, 7) is 5.43. The van der Waals surface area contributed by atoms with Crippen LogP contribution in [-0.2, 0) is 6.54 Å². The Morgan fingerprint density at radius 2 is 1.76 bits per heavy atom. The maximum atomic E-state index is 5.84. The van der Waals surface area contributed by atoms with Gasteiger partial charge in [0.15, 0.2) is 0 Å². The first-order valence-corrected chi connectivity index (χ1v) is 8.77. The molecule has 3 rings (SSSR count). The van der Waals surface area contributed by atoms with Crippen molar-refractivity contribution in [1.82, 2.24) is 9.88 Å². The molecule has 1 aromatic carbocycles. The molecule has 0 aliphatic carbocycles. The molecule has 2 atom stereocenters. The summed E-state index contributed by atoms with van der Waals surface area (Å²) in [5.41, 5.74) is 8.64. The first-order valence-electron chi connectivity index (χ1n) is 8.77. The van der Waals surface area contributed by atoms with Gasteiger partial charge in [0.05, 0.1) is 19.9 Å². The molecular weight excluding hydrogens is 314 g/mol. The minimum Gasteiger partial charge on any atom is -0.496 e. The van der Waals surface area contributed by atoms with Crippen LogP contribution in [0.3, 0.4) is 0 Å². The molecule has 0 spiro atoms. The van der Waals surface area contributed by atoms with E-state index in [4.69, 9.17) is 15.2 Å². The molecule has 1 saturated heterocycles. The van der Waals surface area contributed by atoms with Crippen LogP contribution in [0.2, 0.25) is 0 Å². The summed E-state index contributed by atoms with van der Waals surface area (Å²) in [5, 5.41) is 0. The molecule has 1 aliphatic rings. The highest BCUT2D eigenvalue weighted by Crippen LogP contribution is 2.37. The van der Waals surface area contributed by atoms with Crippen molar-refractivity contribution in [3.05, 3.63) is 35.9 Å². The second-order valence-electron chi connectivity index (χ2n) is 6.76. The highest BCUT2D eigenvalue weighted by Gasteiger charge is 2.28. The Morgan fingerprint density at radius 1 is 1.08 bits per heavy atom. The molecule has 0 bridgehead atoms. The van der Waals surface area contributed by atoms with E-state index in [9.17, 15) is 0 Å². The number of hydrogen-bond donors (Lipinski definition) is 1. The van der Waals surface area contributed by atoms with E-state index in [0.717, 1.165) is 34.9 Å². The molecule has 0 amide bonds. The third-order valence-electron chi connectivity index (χ3n) is 5.14. The summed E-state index contributed by atoms with van der Waals surface area (Å²) in [6, 6.07) is 10.8. The lowest BCUT2D eigenvalue weighted by atomic mass is 10.0. The van der Waals surface area contributed by atoms with E-state index >= 15 is 0 Å². The van der Waals surface area contributed by atoms with Gasteiger partial charge < -0.3 is 15.2 Å². The molecule has 0 radical (unpaired) electrons. The average Bonchev–Trinajstić information content (AvgIpc) is 2.93. The van der Waals surface area contributed by atoms with E-state index in [1.54, 1.807) is 20.3 Å². The monoisotopic (exact) mass is 341 g/mol. The molecule has 5 nitrogen and oxygen atoms in total. The fourth-order valence-corrected chi connectivity index (χ4v) is 3.64. The van der Waals surface area contributed by atoms with Crippen LogP contribution in [0.15, 0.2) is 30.3 Å². The number of ether oxygens (including phenoxy) is 2. The van der Waals surface area contributed by atoms with Gasteiger partial charge in [-0.2, -0.15) is 0 Å². The molecule has 25 heavy (non-hydrogen) atoms. The van der Waals surface area contributed by atoms with E-state index in [2.05, 4.69) is 29.8 Å². The zero-order chi connectivity index (χ0) is 18.0. The van der Waals surface area contributed by atoms with Gasteiger partial charge in [0, 0.05) is 29.8 Å². The lowest BCUT2D eigenvalue weighted by Crippen LogP contribution is -2.32. The van der Waals surface area contributed by atoms with Crippen LogP contribution in [0.4, 0.5) is 5.82 Å². The first-order chi connectivity index (χ1) is 12.0. The normalized spacial score (nSPS) is 20.6. The van der Waals surface area contributed by atoms with Gasteiger partial charge in [-0.1, -0.05) is 6.07 Å². The summed E-state index contributed by atoms with van der Waals surface area (Å²) in [5.74, 6) is 2.13. The quantitative estimate of drug-likeness (QED) is 0.898. The Balaban J connectivity index is 2.00. The van der Waals surface area contributed by atoms with Crippen molar-refractivity contribution in [3.63, 3.8) is 0 Å². The van der Waals surface area contributed by atoms with Crippen molar-refractivity contribution >= 4 is 5.82 Å². The molecule has 0 saturated carbocycles. The van der Waals surface area contributed by atoms with Crippen LogP contribution in [0.25, 0.3) is 11.3 Å². The smallest absolute Gasteiger partial charge is 0.128 e. The summed E-state index contributed by atoms with van der Waals surface area (Å²) in [6.07, 6.45) is 2.48. The third kappa shape index (κ3) is 3.56. The largest absolute Gasteiger partial charge is 0.496 e. The molecule has 2 N–H and O–H groups in total. The van der Waals surface area contributed by atoms with Gasteiger partial charge in [0.1, 0.15) is 17.3 Å². The maximum absolute atomic E-state index is 5.84. The lowest BCUT2D eigenvalue weighted by Gasteiger charge is -2.27. The van der Waals surface area contributed by atoms with Crippen LogP contribution < -0.4 is 15.2 Å². The molecule has 2 heterocycles. The van der Waals surface area contributed by atoms with Gasteiger partial charge >= 0.3 is 0 Å². The van der Waals surface area contributed by atoms with E-state index in [1.165, 1.54) is 12.8 Å². The number of methoxy groups -OCH3 is 2. The number of anilines is 1. The summed E-state index contributed by atoms with van der Waals surface area (Å²) < 4.78 is 11.3. The van der Waals surface area contributed by atoms with Gasteiger partial charge in [-0.15, -0.1) is 0 Å². The van der Waals surface area contributed by atoms with Crippen LogP contribution in [0, 0.1) is 0 Å². The van der Waals surface area contributed by atoms with Crippen molar-refractivity contribution in [2.45, 2.75) is 45.3 Å². The van der Waals surface area contributed by atoms with E-state index in [-0.39, 0.29) is 0 Å². The predicted molar refractivity (Wildman–Crippen MR) is 101 cm³/mol. The number of likely N-dealkylation sites (tertiary alicyclic amines) is 1. The Kier molecular flexibility index (Phi) is 5.13. The fraction of sp³-hybridized carbons (Fsp3) is 0.450. The summed E-state index contributed by atoms with van der Waals surface area (Å²) in [4.78, 5) is 6.94. The maximum Gasteiger partial charge on any atom is 0.128 e. The zero-order valence-corrected chi connectivity index (χ0v) is 15.5. The number of nitrogen functional groups attached to an aromatic ring is 1. The van der Waals surface area contributed by atoms with Crippen molar-refractivity contribution in [3.8, 4) is 22.8 Å². The summed E-state index contributed by atoms with van der Waals surface area (Å²) >= 11 is 0. The number of nitrogens with two attached hydrogens (primary N) is 1. The molecule has 2 unspecified atom stereocenters. The number of rotatable bonds is 5. The van der Waals surface area contributed by atoms with Crippen molar-refractivity contribution in [2.75, 3.05) is 20.0 Å². The topological polar surface area (TPSA) is 60.6 Å². The number of hydrogen-bond acceptors (Lipinski definition) is 5. The van der Waals surface area contributed by atoms with Gasteiger partial charge in [0.25, 0.3) is 0 Å². The van der Waals surface area contributed by atoms with Crippen LogP contribution in [0.1, 0.15) is 32.3 Å². The molecule has 5 heteroatoms. The van der Waals surface area contributed by atoms with Crippen molar-refractivity contribution in [2.24, 2.45) is 0 Å². The van der Waals surface area contributed by atoms with Crippen LogP contribution in [-0.4, -0.2) is 36.2 Å². The van der Waals surface area contributed by atoms with Gasteiger partial charge in [-0.3, -0.25) is 4.90 Å². The Morgan fingerprint density at radius 3 is 2.36 bits per heavy atom. The minimum atomic E-state index is 0.488. The van der Waals surface area contributed by atoms with Crippen molar-refractivity contribution < 1.29 is 9.47 Å². The van der Waals surface area contributed by atoms with Gasteiger partial charge in [0.2, 0.25) is 0 Å². The molecule has 134 valence electrons. The Bertz CT molecular complexity index is 738. The first kappa shape index (κ1) is 17.5. The molecular formula is C20H27N3O2. The molecule has 1 aromatic heterocycles.